The largest absolute Gasteiger partial charge is 0.440 e. The van der Waals surface area contributed by atoms with Crippen LogP contribution in [0.3, 0.4) is 0 Å². The fraction of sp³-hybridized carbons (Fsp3) is 0.273. The van der Waals surface area contributed by atoms with Crippen LogP contribution in [0.5, 0.6) is 0 Å². The Morgan fingerprint density at radius 3 is 2.50 bits per heavy atom. The molecule has 8 heteroatoms. The van der Waals surface area contributed by atoms with E-state index in [1.54, 1.807) is 29.2 Å². The van der Waals surface area contributed by atoms with Gasteiger partial charge in [-0.15, -0.1) is 0 Å². The molecule has 8 nitrogen and oxygen atoms in total. The van der Waals surface area contributed by atoms with Crippen molar-refractivity contribution < 1.29 is 9.21 Å². The minimum absolute atomic E-state index is 0.157. The molecule has 2 aromatic carbocycles. The molecule has 1 fully saturated rings. The molecule has 1 N–H and O–H groups in total. The highest BCUT2D eigenvalue weighted by molar-refractivity contribution is 5.81. The lowest BCUT2D eigenvalue weighted by molar-refractivity contribution is -0.133. The first-order chi connectivity index (χ1) is 14.6. The average molecular weight is 404 g/mol. The van der Waals surface area contributed by atoms with Crippen LogP contribution in [0.4, 0.5) is 0 Å². The zero-order chi connectivity index (χ0) is 20.7. The summed E-state index contributed by atoms with van der Waals surface area (Å²) in [5.74, 6) is 0.669. The van der Waals surface area contributed by atoms with Crippen LogP contribution in [0.2, 0.25) is 0 Å². The van der Waals surface area contributed by atoms with Crippen LogP contribution in [0, 0.1) is 0 Å². The Balaban J connectivity index is 1.29. The maximum Gasteiger partial charge on any atom is 0.273 e. The van der Waals surface area contributed by atoms with Crippen molar-refractivity contribution in [2.45, 2.75) is 25.3 Å². The van der Waals surface area contributed by atoms with Crippen molar-refractivity contribution in [3.05, 3.63) is 75.1 Å². The minimum Gasteiger partial charge on any atom is -0.440 e. The molecular weight excluding hydrogens is 384 g/mol. The van der Waals surface area contributed by atoms with Gasteiger partial charge in [-0.25, -0.2) is 9.67 Å². The molecule has 5 rings (SSSR count). The molecule has 1 aliphatic rings. The second-order valence-corrected chi connectivity index (χ2v) is 7.55. The number of nitrogens with zero attached hydrogens (tertiary/aromatic N) is 3. The first kappa shape index (κ1) is 18.4. The van der Waals surface area contributed by atoms with Gasteiger partial charge in [-0.1, -0.05) is 24.3 Å². The number of piperidine rings is 1. The molecule has 4 aromatic rings. The van der Waals surface area contributed by atoms with Crippen molar-refractivity contribution in [2.75, 3.05) is 13.1 Å². The lowest BCUT2D eigenvalue weighted by atomic mass is 9.97. The maximum absolute atomic E-state index is 12.8. The maximum atomic E-state index is 12.8. The van der Waals surface area contributed by atoms with E-state index in [0.29, 0.717) is 29.8 Å². The molecule has 3 heterocycles. The van der Waals surface area contributed by atoms with Crippen molar-refractivity contribution in [3.63, 3.8) is 0 Å². The molecular formula is C22H20N4O4. The highest BCUT2D eigenvalue weighted by Crippen LogP contribution is 2.29. The number of hydrogen-bond acceptors (Lipinski definition) is 5. The monoisotopic (exact) mass is 404 g/mol. The quantitative estimate of drug-likeness (QED) is 0.564. The number of para-hydroxylation sites is 2. The van der Waals surface area contributed by atoms with Gasteiger partial charge in [0.15, 0.2) is 11.5 Å². The summed E-state index contributed by atoms with van der Waals surface area (Å²) < 4.78 is 6.97. The van der Waals surface area contributed by atoms with Crippen LogP contribution < -0.4 is 11.1 Å². The van der Waals surface area contributed by atoms with Gasteiger partial charge in [0.25, 0.3) is 11.1 Å². The van der Waals surface area contributed by atoms with E-state index in [4.69, 9.17) is 4.42 Å². The number of likely N-dealkylation sites (tertiary alicyclic amines) is 1. The molecule has 30 heavy (non-hydrogen) atoms. The van der Waals surface area contributed by atoms with E-state index in [2.05, 4.69) is 10.1 Å². The summed E-state index contributed by atoms with van der Waals surface area (Å²) in [5.41, 5.74) is 0.851. The lowest BCUT2D eigenvalue weighted by Gasteiger charge is -2.30. The molecule has 152 valence electrons. The van der Waals surface area contributed by atoms with Crippen LogP contribution in [0.15, 0.2) is 62.5 Å². The highest BCUT2D eigenvalue weighted by Gasteiger charge is 2.27. The van der Waals surface area contributed by atoms with Crippen LogP contribution >= 0.6 is 0 Å². The Morgan fingerprint density at radius 2 is 1.73 bits per heavy atom. The van der Waals surface area contributed by atoms with Crippen molar-refractivity contribution >= 4 is 27.8 Å². The van der Waals surface area contributed by atoms with Gasteiger partial charge in [-0.2, -0.15) is 0 Å². The molecule has 0 saturated carbocycles. The zero-order valence-electron chi connectivity index (χ0n) is 16.2. The number of amides is 1. The number of hydrogen-bond donors (Lipinski definition) is 1. The number of rotatable bonds is 3. The van der Waals surface area contributed by atoms with E-state index in [0.717, 1.165) is 28.6 Å². The Bertz CT molecular complexity index is 1330. The van der Waals surface area contributed by atoms with Gasteiger partial charge in [-0.3, -0.25) is 19.5 Å². The molecule has 0 spiro atoms. The summed E-state index contributed by atoms with van der Waals surface area (Å²) >= 11 is 0. The Hall–Kier alpha value is -3.68. The van der Waals surface area contributed by atoms with Gasteiger partial charge in [0.2, 0.25) is 5.91 Å². The van der Waals surface area contributed by atoms with Gasteiger partial charge in [-0.05, 0) is 37.1 Å². The molecule has 0 unspecified atom stereocenters. The molecule has 1 amide bonds. The van der Waals surface area contributed by atoms with Gasteiger partial charge < -0.3 is 9.32 Å². The number of aromatic nitrogens is 3. The van der Waals surface area contributed by atoms with Crippen LogP contribution in [-0.4, -0.2) is 38.7 Å². The second-order valence-electron chi connectivity index (χ2n) is 7.55. The van der Waals surface area contributed by atoms with Crippen molar-refractivity contribution in [2.24, 2.45) is 0 Å². The number of H-pyrrole nitrogens is 1. The summed E-state index contributed by atoms with van der Waals surface area (Å²) in [5, 5.41) is 3.15. The number of nitrogens with one attached hydrogen (secondary N) is 1. The average Bonchev–Trinajstić information content (AvgIpc) is 3.22. The smallest absolute Gasteiger partial charge is 0.273 e. The van der Waals surface area contributed by atoms with Crippen molar-refractivity contribution in [3.8, 4) is 0 Å². The number of fused-ring (bicyclic) bond motifs is 2. The van der Waals surface area contributed by atoms with E-state index in [1.165, 1.54) is 0 Å². The van der Waals surface area contributed by atoms with Gasteiger partial charge in [0.05, 0.1) is 10.8 Å². The third-order valence-electron chi connectivity index (χ3n) is 5.68. The molecule has 1 aliphatic heterocycles. The number of carbonyl (C=O) groups excluding carboxylic acids is 1. The Labute approximate surface area is 170 Å². The number of oxazole rings is 1. The fourth-order valence-electron chi connectivity index (χ4n) is 4.03. The highest BCUT2D eigenvalue weighted by atomic mass is 16.3. The molecule has 1 saturated heterocycles. The predicted octanol–water partition coefficient (Wildman–Crippen LogP) is 2.24. The lowest BCUT2D eigenvalue weighted by Crippen LogP contribution is -2.42. The van der Waals surface area contributed by atoms with E-state index in [1.807, 2.05) is 24.3 Å². The Morgan fingerprint density at radius 1 is 1.03 bits per heavy atom. The van der Waals surface area contributed by atoms with Crippen molar-refractivity contribution in [1.29, 1.82) is 0 Å². The Kier molecular flexibility index (Phi) is 4.46. The molecule has 2 aromatic heterocycles. The summed E-state index contributed by atoms with van der Waals surface area (Å²) in [6.45, 7) is 0.913. The second kappa shape index (κ2) is 7.29. The normalized spacial score (nSPS) is 15.1. The zero-order valence-corrected chi connectivity index (χ0v) is 16.2. The van der Waals surface area contributed by atoms with Crippen LogP contribution in [-0.2, 0) is 11.3 Å². The third kappa shape index (κ3) is 3.20. The van der Waals surface area contributed by atoms with E-state index in [-0.39, 0.29) is 29.5 Å². The van der Waals surface area contributed by atoms with Crippen molar-refractivity contribution in [1.82, 2.24) is 19.7 Å². The molecule has 0 bridgehead atoms. The fourth-order valence-corrected chi connectivity index (χ4v) is 4.03. The predicted molar refractivity (Wildman–Crippen MR) is 111 cm³/mol. The number of aromatic amines is 1. The van der Waals surface area contributed by atoms with Crippen LogP contribution in [0.25, 0.3) is 21.9 Å². The summed E-state index contributed by atoms with van der Waals surface area (Å²) in [4.78, 5) is 43.9. The summed E-state index contributed by atoms with van der Waals surface area (Å²) in [6, 6.07) is 14.3. The number of carbonyl (C=O) groups is 1. The third-order valence-corrected chi connectivity index (χ3v) is 5.68. The summed E-state index contributed by atoms with van der Waals surface area (Å²) in [6.07, 6.45) is 1.48. The van der Waals surface area contributed by atoms with Crippen LogP contribution in [0.1, 0.15) is 24.7 Å². The molecule has 0 atom stereocenters. The van der Waals surface area contributed by atoms with E-state index in [9.17, 15) is 14.4 Å². The SMILES string of the molecule is O=C(Cn1[nH]c(=O)c2ccccc2c1=O)N1CCC(c2nc3ccccc3o2)CC1. The molecule has 0 radical (unpaired) electrons. The van der Waals surface area contributed by atoms with Gasteiger partial charge in [0.1, 0.15) is 12.1 Å². The topological polar surface area (TPSA) is 101 Å². The first-order valence-electron chi connectivity index (χ1n) is 9.95. The van der Waals surface area contributed by atoms with E-state index >= 15 is 0 Å². The summed E-state index contributed by atoms with van der Waals surface area (Å²) in [7, 11) is 0. The molecule has 0 aliphatic carbocycles. The number of benzene rings is 2. The van der Waals surface area contributed by atoms with Gasteiger partial charge >= 0.3 is 0 Å². The van der Waals surface area contributed by atoms with Gasteiger partial charge in [0, 0.05) is 19.0 Å². The standard InChI is InChI=1S/C22H20N4O4/c27-19(13-26-22(29)16-6-2-1-5-15(16)20(28)24-26)25-11-9-14(10-12-25)21-23-17-7-3-4-8-18(17)30-21/h1-8,14H,9-13H2,(H,24,28). The first-order valence-corrected chi connectivity index (χ1v) is 9.95. The van der Waals surface area contributed by atoms with E-state index < -0.39 is 0 Å². The minimum atomic E-state index is -0.382.